The van der Waals surface area contributed by atoms with Gasteiger partial charge in [-0.05, 0) is 57.2 Å². The van der Waals surface area contributed by atoms with Gasteiger partial charge in [0.15, 0.2) is 0 Å². The van der Waals surface area contributed by atoms with Gasteiger partial charge in [-0.25, -0.2) is 12.8 Å². The van der Waals surface area contributed by atoms with Crippen molar-refractivity contribution in [3.63, 3.8) is 0 Å². The Morgan fingerprint density at radius 2 is 1.70 bits per heavy atom. The summed E-state index contributed by atoms with van der Waals surface area (Å²) in [4.78, 5) is 14.1. The van der Waals surface area contributed by atoms with E-state index >= 15 is 0 Å². The number of carbonyl (C=O) groups is 1. The average molecular weight is 436 g/mol. The predicted molar refractivity (Wildman–Crippen MR) is 113 cm³/mol. The van der Waals surface area contributed by atoms with E-state index in [1.54, 1.807) is 12.1 Å². The van der Waals surface area contributed by atoms with Crippen molar-refractivity contribution in [2.75, 3.05) is 23.3 Å². The molecule has 1 aliphatic heterocycles. The lowest BCUT2D eigenvalue weighted by molar-refractivity contribution is -0.117. The second-order valence-electron chi connectivity index (χ2n) is 7.47. The van der Waals surface area contributed by atoms with Crippen LogP contribution in [0.25, 0.3) is 0 Å². The summed E-state index contributed by atoms with van der Waals surface area (Å²) in [5.74, 6) is -1.42. The molecule has 0 saturated carbocycles. The molecule has 1 heterocycles. The molecular weight excluding hydrogens is 409 g/mol. The van der Waals surface area contributed by atoms with E-state index in [0.29, 0.717) is 5.69 Å². The summed E-state index contributed by atoms with van der Waals surface area (Å²) >= 11 is 0. The molecule has 2 N–H and O–H groups in total. The molecule has 0 aliphatic carbocycles. The van der Waals surface area contributed by atoms with Crippen molar-refractivity contribution in [3.05, 3.63) is 54.3 Å². The summed E-state index contributed by atoms with van der Waals surface area (Å²) < 4.78 is 46.4. The molecule has 0 spiro atoms. The number of nitrogens with zero attached hydrogens (tertiary/aromatic N) is 1. The molecule has 1 aliphatic rings. The number of benzene rings is 2. The van der Waals surface area contributed by atoms with Crippen molar-refractivity contribution in [1.29, 1.82) is 0 Å². The van der Waals surface area contributed by atoms with Crippen LogP contribution in [0.5, 0.6) is 0 Å². The van der Waals surface area contributed by atoms with Crippen LogP contribution in [-0.4, -0.2) is 45.7 Å². The zero-order valence-corrected chi connectivity index (χ0v) is 17.9. The maximum atomic E-state index is 13.8. The van der Waals surface area contributed by atoms with E-state index in [1.165, 1.54) is 19.1 Å². The third-order valence-electron chi connectivity index (χ3n) is 4.77. The first-order chi connectivity index (χ1) is 14.2. The third-order valence-corrected chi connectivity index (χ3v) is 6.34. The van der Waals surface area contributed by atoms with E-state index in [1.807, 2.05) is 26.0 Å². The smallest absolute Gasteiger partial charge is 0.244 e. The van der Waals surface area contributed by atoms with Gasteiger partial charge >= 0.3 is 0 Å². The highest BCUT2D eigenvalue weighted by molar-refractivity contribution is 7.89. The number of sulfonamides is 1. The number of hydrogen-bond acceptors (Lipinski definition) is 5. The largest absolute Gasteiger partial charge is 0.372 e. The summed E-state index contributed by atoms with van der Waals surface area (Å²) in [5.41, 5.74) is 1.55. The Hall–Kier alpha value is -2.49. The molecule has 0 radical (unpaired) electrons. The normalized spacial score (nSPS) is 20.6. The minimum absolute atomic E-state index is 0.136. The van der Waals surface area contributed by atoms with Crippen LogP contribution in [0.1, 0.15) is 20.8 Å². The van der Waals surface area contributed by atoms with Crippen LogP contribution in [0.15, 0.2) is 53.4 Å². The van der Waals surface area contributed by atoms with Crippen molar-refractivity contribution >= 4 is 27.3 Å². The van der Waals surface area contributed by atoms with E-state index in [9.17, 15) is 17.6 Å². The molecule has 2 unspecified atom stereocenters. The molecule has 30 heavy (non-hydrogen) atoms. The summed E-state index contributed by atoms with van der Waals surface area (Å²) in [7, 11) is -4.16. The van der Waals surface area contributed by atoms with E-state index in [4.69, 9.17) is 4.74 Å². The lowest BCUT2D eigenvalue weighted by Crippen LogP contribution is -2.45. The number of ether oxygens (including phenoxy) is 1. The molecule has 162 valence electrons. The number of rotatable bonds is 6. The van der Waals surface area contributed by atoms with Gasteiger partial charge in [-0.3, -0.25) is 4.79 Å². The van der Waals surface area contributed by atoms with Crippen molar-refractivity contribution in [2.45, 2.75) is 43.9 Å². The fourth-order valence-corrected chi connectivity index (χ4v) is 4.69. The number of hydrogen-bond donors (Lipinski definition) is 2. The third kappa shape index (κ3) is 5.35. The van der Waals surface area contributed by atoms with Crippen molar-refractivity contribution in [1.82, 2.24) is 4.72 Å². The molecular formula is C21H26FN3O4S. The van der Waals surface area contributed by atoms with Gasteiger partial charge in [0.1, 0.15) is 10.7 Å². The van der Waals surface area contributed by atoms with Crippen LogP contribution < -0.4 is 14.9 Å². The van der Waals surface area contributed by atoms with Crippen LogP contribution in [0.4, 0.5) is 15.8 Å². The minimum Gasteiger partial charge on any atom is -0.372 e. The number of anilines is 2. The second kappa shape index (κ2) is 9.11. The second-order valence-corrected chi connectivity index (χ2v) is 9.15. The number of carbonyl (C=O) groups excluding carboxylic acids is 1. The van der Waals surface area contributed by atoms with Crippen molar-refractivity contribution < 1.29 is 22.3 Å². The van der Waals surface area contributed by atoms with E-state index in [2.05, 4.69) is 14.9 Å². The molecule has 2 aromatic carbocycles. The molecule has 7 nitrogen and oxygen atoms in total. The highest BCUT2D eigenvalue weighted by Crippen LogP contribution is 2.22. The molecule has 2 aromatic rings. The summed E-state index contributed by atoms with van der Waals surface area (Å²) in [5, 5.41) is 2.68. The Labute approximate surface area is 176 Å². The number of nitrogens with one attached hydrogen (secondary N) is 2. The highest BCUT2D eigenvalue weighted by Gasteiger charge is 2.25. The Kier molecular flexibility index (Phi) is 6.74. The van der Waals surface area contributed by atoms with Crippen molar-refractivity contribution in [2.24, 2.45) is 0 Å². The fraction of sp³-hybridized carbons (Fsp3) is 0.381. The summed E-state index contributed by atoms with van der Waals surface area (Å²) in [6.45, 7) is 7.02. The maximum absolute atomic E-state index is 13.8. The quantitative estimate of drug-likeness (QED) is 0.729. The monoisotopic (exact) mass is 435 g/mol. The van der Waals surface area contributed by atoms with Crippen LogP contribution in [-0.2, 0) is 19.6 Å². The van der Waals surface area contributed by atoms with Gasteiger partial charge in [-0.1, -0.05) is 12.1 Å². The van der Waals surface area contributed by atoms with Gasteiger partial charge in [0.25, 0.3) is 0 Å². The number of halogens is 1. The molecule has 0 aromatic heterocycles. The van der Waals surface area contributed by atoms with Crippen molar-refractivity contribution in [3.8, 4) is 0 Å². The first-order valence-electron chi connectivity index (χ1n) is 9.74. The Morgan fingerprint density at radius 3 is 2.30 bits per heavy atom. The zero-order chi connectivity index (χ0) is 21.9. The van der Waals surface area contributed by atoms with Gasteiger partial charge in [0, 0.05) is 24.5 Å². The van der Waals surface area contributed by atoms with Gasteiger partial charge in [-0.2, -0.15) is 4.72 Å². The van der Waals surface area contributed by atoms with E-state index in [0.717, 1.165) is 30.9 Å². The maximum Gasteiger partial charge on any atom is 0.244 e. The van der Waals surface area contributed by atoms with Crippen LogP contribution >= 0.6 is 0 Å². The Bertz CT molecular complexity index is 988. The molecule has 3 atom stereocenters. The first-order valence-corrected chi connectivity index (χ1v) is 11.2. The summed E-state index contributed by atoms with van der Waals surface area (Å²) in [6, 6.07) is 11.2. The SMILES string of the molecule is CC1CN(c2ccc(NC(=O)[C@H](C)NS(=O)(=O)c3ccccc3F)cc2)CC(C)O1. The van der Waals surface area contributed by atoms with Crippen LogP contribution in [0.3, 0.4) is 0 Å². The van der Waals surface area contributed by atoms with E-state index < -0.39 is 32.7 Å². The van der Waals surface area contributed by atoms with Crippen LogP contribution in [0.2, 0.25) is 0 Å². The molecule has 1 amide bonds. The highest BCUT2D eigenvalue weighted by atomic mass is 32.2. The van der Waals surface area contributed by atoms with Gasteiger partial charge in [-0.15, -0.1) is 0 Å². The molecule has 9 heteroatoms. The predicted octanol–water partition coefficient (Wildman–Crippen LogP) is 2.74. The topological polar surface area (TPSA) is 87.7 Å². The number of morpholine rings is 1. The zero-order valence-electron chi connectivity index (χ0n) is 17.1. The molecule has 1 fully saturated rings. The lowest BCUT2D eigenvalue weighted by Gasteiger charge is -2.36. The molecule has 1 saturated heterocycles. The van der Waals surface area contributed by atoms with Crippen LogP contribution in [0, 0.1) is 5.82 Å². The summed E-state index contributed by atoms with van der Waals surface area (Å²) in [6.07, 6.45) is 0.271. The molecule has 3 rings (SSSR count). The Morgan fingerprint density at radius 1 is 1.10 bits per heavy atom. The fourth-order valence-electron chi connectivity index (χ4n) is 3.41. The molecule has 0 bridgehead atoms. The van der Waals surface area contributed by atoms with Gasteiger partial charge < -0.3 is 15.0 Å². The van der Waals surface area contributed by atoms with E-state index in [-0.39, 0.29) is 12.2 Å². The standard InChI is InChI=1S/C21H26FN3O4S/c1-14-12-25(13-15(2)29-14)18-10-8-17(9-11-18)23-21(26)16(3)24-30(27,28)20-7-5-4-6-19(20)22/h4-11,14-16,24H,12-13H2,1-3H3,(H,23,26)/t14?,15?,16-/m0/s1. The minimum atomic E-state index is -4.16. The van der Waals surface area contributed by atoms with Gasteiger partial charge in [0.05, 0.1) is 18.2 Å². The Balaban J connectivity index is 1.62. The van der Waals surface area contributed by atoms with Gasteiger partial charge in [0.2, 0.25) is 15.9 Å². The first kappa shape index (κ1) is 22.2. The number of amides is 1. The average Bonchev–Trinajstić information content (AvgIpc) is 2.67. The lowest BCUT2D eigenvalue weighted by atomic mass is 10.2.